The maximum atomic E-state index is 5.93. The summed E-state index contributed by atoms with van der Waals surface area (Å²) in [5.74, 6) is 0. The lowest BCUT2D eigenvalue weighted by molar-refractivity contribution is 0.560. The van der Waals surface area contributed by atoms with Crippen molar-refractivity contribution in [3.8, 4) is 0 Å². The average molecular weight is 301 g/mol. The van der Waals surface area contributed by atoms with Crippen LogP contribution in [-0.4, -0.2) is 0 Å². The van der Waals surface area contributed by atoms with E-state index >= 15 is 0 Å². The highest BCUT2D eigenvalue weighted by Crippen LogP contribution is 2.21. The molecule has 0 atom stereocenters. The maximum absolute atomic E-state index is 5.93. The second-order valence-electron chi connectivity index (χ2n) is 3.47. The number of furan rings is 1. The van der Waals surface area contributed by atoms with Gasteiger partial charge in [0.05, 0.1) is 12.5 Å². The second-order valence-corrected chi connectivity index (χ2v) is 4.76. The molecule has 0 unspecified atom stereocenters. The van der Waals surface area contributed by atoms with Crippen LogP contribution in [0.25, 0.3) is 0 Å². The first-order valence-electron chi connectivity index (χ1n) is 4.91. The minimum absolute atomic E-state index is 0.753. The van der Waals surface area contributed by atoms with Crippen molar-refractivity contribution in [2.24, 2.45) is 0 Å². The Morgan fingerprint density at radius 3 is 2.88 bits per heavy atom. The van der Waals surface area contributed by atoms with Gasteiger partial charge in [-0.15, -0.1) is 0 Å². The minimum Gasteiger partial charge on any atom is -0.472 e. The van der Waals surface area contributed by atoms with E-state index in [1.807, 2.05) is 24.3 Å². The SMILES string of the molecule is Clc1ccc(Br)c(CNCc2ccoc2)c1. The Morgan fingerprint density at radius 1 is 1.25 bits per heavy atom. The van der Waals surface area contributed by atoms with Gasteiger partial charge in [0.2, 0.25) is 0 Å². The van der Waals surface area contributed by atoms with Crippen molar-refractivity contribution in [3.63, 3.8) is 0 Å². The van der Waals surface area contributed by atoms with Gasteiger partial charge in [0.1, 0.15) is 0 Å². The van der Waals surface area contributed by atoms with E-state index in [0.29, 0.717) is 0 Å². The molecule has 2 rings (SSSR count). The van der Waals surface area contributed by atoms with Gasteiger partial charge < -0.3 is 9.73 Å². The van der Waals surface area contributed by atoms with Crippen molar-refractivity contribution >= 4 is 27.5 Å². The molecule has 0 saturated heterocycles. The van der Waals surface area contributed by atoms with Crippen LogP contribution in [0.5, 0.6) is 0 Å². The quantitative estimate of drug-likeness (QED) is 0.924. The molecule has 0 amide bonds. The molecular weight excluding hydrogens is 289 g/mol. The molecule has 0 aliphatic carbocycles. The summed E-state index contributed by atoms with van der Waals surface area (Å²) >= 11 is 9.42. The molecule has 0 aliphatic heterocycles. The van der Waals surface area contributed by atoms with Crippen molar-refractivity contribution in [2.75, 3.05) is 0 Å². The number of benzene rings is 1. The average Bonchev–Trinajstić information content (AvgIpc) is 2.76. The van der Waals surface area contributed by atoms with Gasteiger partial charge in [-0.2, -0.15) is 0 Å². The predicted octanol–water partition coefficient (Wildman–Crippen LogP) is 3.99. The molecule has 4 heteroatoms. The van der Waals surface area contributed by atoms with Crippen molar-refractivity contribution in [3.05, 3.63) is 57.4 Å². The van der Waals surface area contributed by atoms with Crippen molar-refractivity contribution in [1.29, 1.82) is 0 Å². The van der Waals surface area contributed by atoms with Gasteiger partial charge in [-0.3, -0.25) is 0 Å². The van der Waals surface area contributed by atoms with Crippen molar-refractivity contribution < 1.29 is 4.42 Å². The van der Waals surface area contributed by atoms with Gasteiger partial charge in [-0.25, -0.2) is 0 Å². The fraction of sp³-hybridized carbons (Fsp3) is 0.167. The predicted molar refractivity (Wildman–Crippen MR) is 68.4 cm³/mol. The topological polar surface area (TPSA) is 25.2 Å². The molecule has 1 aromatic carbocycles. The standard InChI is InChI=1S/C12H11BrClNO/c13-12-2-1-11(14)5-10(12)7-15-6-9-3-4-16-8-9/h1-5,8,15H,6-7H2. The third-order valence-corrected chi connectivity index (χ3v) is 3.24. The number of rotatable bonds is 4. The fourth-order valence-electron chi connectivity index (χ4n) is 1.41. The van der Waals surface area contributed by atoms with E-state index in [-0.39, 0.29) is 0 Å². The first kappa shape index (κ1) is 11.7. The van der Waals surface area contributed by atoms with Crippen LogP contribution in [0.1, 0.15) is 11.1 Å². The van der Waals surface area contributed by atoms with Gasteiger partial charge in [0.25, 0.3) is 0 Å². The van der Waals surface area contributed by atoms with Crippen molar-refractivity contribution in [1.82, 2.24) is 5.32 Å². The van der Waals surface area contributed by atoms with Gasteiger partial charge in [0.15, 0.2) is 0 Å². The molecule has 1 aromatic heterocycles. The summed E-state index contributed by atoms with van der Waals surface area (Å²) in [4.78, 5) is 0. The molecule has 2 aromatic rings. The molecule has 16 heavy (non-hydrogen) atoms. The zero-order valence-corrected chi connectivity index (χ0v) is 10.9. The fourth-order valence-corrected chi connectivity index (χ4v) is 2.00. The van der Waals surface area contributed by atoms with Gasteiger partial charge >= 0.3 is 0 Å². The highest BCUT2D eigenvalue weighted by Gasteiger charge is 2.01. The molecule has 0 spiro atoms. The highest BCUT2D eigenvalue weighted by molar-refractivity contribution is 9.10. The number of hydrogen-bond acceptors (Lipinski definition) is 2. The Labute approximate surface area is 108 Å². The van der Waals surface area contributed by atoms with E-state index < -0.39 is 0 Å². The third-order valence-electron chi connectivity index (χ3n) is 2.23. The molecule has 0 bridgehead atoms. The van der Waals surface area contributed by atoms with E-state index in [2.05, 4.69) is 21.2 Å². The highest BCUT2D eigenvalue weighted by atomic mass is 79.9. The Hall–Kier alpha value is -0.770. The number of halogens is 2. The monoisotopic (exact) mass is 299 g/mol. The molecule has 0 radical (unpaired) electrons. The normalized spacial score (nSPS) is 10.6. The first-order chi connectivity index (χ1) is 7.75. The van der Waals surface area contributed by atoms with Gasteiger partial charge in [-0.05, 0) is 29.8 Å². The summed E-state index contributed by atoms with van der Waals surface area (Å²) in [5.41, 5.74) is 2.29. The van der Waals surface area contributed by atoms with Crippen molar-refractivity contribution in [2.45, 2.75) is 13.1 Å². The van der Waals surface area contributed by atoms with Crippen LogP contribution in [0.4, 0.5) is 0 Å². The Morgan fingerprint density at radius 2 is 2.12 bits per heavy atom. The largest absolute Gasteiger partial charge is 0.472 e. The first-order valence-corrected chi connectivity index (χ1v) is 6.08. The molecule has 0 aliphatic rings. The van der Waals surface area contributed by atoms with Crippen LogP contribution in [-0.2, 0) is 13.1 Å². The van der Waals surface area contributed by atoms with Gasteiger partial charge in [-0.1, -0.05) is 27.5 Å². The van der Waals surface area contributed by atoms with Crippen LogP contribution < -0.4 is 5.32 Å². The van der Waals surface area contributed by atoms with Crippen LogP contribution in [0.2, 0.25) is 5.02 Å². The van der Waals surface area contributed by atoms with Gasteiger partial charge in [0, 0.05) is 28.1 Å². The number of nitrogens with one attached hydrogen (secondary N) is 1. The van der Waals surface area contributed by atoms with E-state index in [1.54, 1.807) is 12.5 Å². The molecule has 1 heterocycles. The van der Waals surface area contributed by atoms with E-state index in [4.69, 9.17) is 16.0 Å². The zero-order chi connectivity index (χ0) is 11.4. The van der Waals surface area contributed by atoms with Crippen LogP contribution in [0.15, 0.2) is 45.7 Å². The minimum atomic E-state index is 0.753. The molecule has 2 nitrogen and oxygen atoms in total. The molecule has 0 fully saturated rings. The summed E-state index contributed by atoms with van der Waals surface area (Å²) in [6, 6.07) is 7.72. The summed E-state index contributed by atoms with van der Waals surface area (Å²) in [7, 11) is 0. The van der Waals surface area contributed by atoms with Crippen LogP contribution >= 0.6 is 27.5 Å². The Bertz CT molecular complexity index is 456. The summed E-state index contributed by atoms with van der Waals surface area (Å²) in [5, 5.41) is 4.08. The van der Waals surface area contributed by atoms with E-state index in [0.717, 1.165) is 33.7 Å². The van der Waals surface area contributed by atoms with E-state index in [9.17, 15) is 0 Å². The number of hydrogen-bond donors (Lipinski definition) is 1. The lowest BCUT2D eigenvalue weighted by Crippen LogP contribution is -2.12. The molecular formula is C12H11BrClNO. The third kappa shape index (κ3) is 3.11. The lowest BCUT2D eigenvalue weighted by Gasteiger charge is -2.06. The molecule has 1 N–H and O–H groups in total. The Kier molecular flexibility index (Phi) is 4.04. The van der Waals surface area contributed by atoms with E-state index in [1.165, 1.54) is 0 Å². The summed E-state index contributed by atoms with van der Waals surface area (Å²) < 4.78 is 6.06. The lowest BCUT2D eigenvalue weighted by atomic mass is 10.2. The van der Waals surface area contributed by atoms with Crippen LogP contribution in [0, 0.1) is 0 Å². The maximum Gasteiger partial charge on any atom is 0.0947 e. The Balaban J connectivity index is 1.92. The zero-order valence-electron chi connectivity index (χ0n) is 8.54. The molecule has 0 saturated carbocycles. The van der Waals surface area contributed by atoms with Crippen LogP contribution in [0.3, 0.4) is 0 Å². The summed E-state index contributed by atoms with van der Waals surface area (Å²) in [6.07, 6.45) is 3.41. The smallest absolute Gasteiger partial charge is 0.0947 e. The summed E-state index contributed by atoms with van der Waals surface area (Å²) in [6.45, 7) is 1.56. The second kappa shape index (κ2) is 5.53. The molecule has 84 valence electrons.